The summed E-state index contributed by atoms with van der Waals surface area (Å²) in [5, 5.41) is 0.810. The Morgan fingerprint density at radius 3 is 2.33 bits per heavy atom. The molecule has 116 valence electrons. The Labute approximate surface area is 131 Å². The standard InChI is InChI=1S/C15H21ClN2O2S/c1-2-21(19,20)18-10-13-8-17(9-14(13)11-18)7-12-5-3-4-6-15(12)16/h3-6,13-14H,2,7-11H2,1H3/t13-,14+. The maximum absolute atomic E-state index is 11.9. The summed E-state index contributed by atoms with van der Waals surface area (Å²) in [5.74, 6) is 1.14. The van der Waals surface area contributed by atoms with Crippen LogP contribution in [0.25, 0.3) is 0 Å². The number of sulfonamides is 1. The summed E-state index contributed by atoms with van der Waals surface area (Å²) in [4.78, 5) is 2.40. The van der Waals surface area contributed by atoms with E-state index in [-0.39, 0.29) is 5.75 Å². The van der Waals surface area contributed by atoms with E-state index in [2.05, 4.69) is 11.0 Å². The normalized spacial score (nSPS) is 27.1. The molecule has 0 unspecified atom stereocenters. The van der Waals surface area contributed by atoms with Gasteiger partial charge in [0.1, 0.15) is 0 Å². The van der Waals surface area contributed by atoms with Crippen molar-refractivity contribution in [1.82, 2.24) is 9.21 Å². The molecule has 0 saturated carbocycles. The summed E-state index contributed by atoms with van der Waals surface area (Å²) in [6.45, 7) is 5.86. The number of nitrogens with zero attached hydrogens (tertiary/aromatic N) is 2. The first-order chi connectivity index (χ1) is 9.99. The highest BCUT2D eigenvalue weighted by atomic mass is 35.5. The smallest absolute Gasteiger partial charge is 0.213 e. The van der Waals surface area contributed by atoms with Crippen molar-refractivity contribution < 1.29 is 8.42 Å². The zero-order valence-corrected chi connectivity index (χ0v) is 13.8. The largest absolute Gasteiger partial charge is 0.298 e. The van der Waals surface area contributed by atoms with Gasteiger partial charge >= 0.3 is 0 Å². The van der Waals surface area contributed by atoms with Crippen molar-refractivity contribution in [2.75, 3.05) is 31.9 Å². The monoisotopic (exact) mass is 328 g/mol. The predicted molar refractivity (Wildman–Crippen MR) is 84.7 cm³/mol. The molecule has 2 heterocycles. The summed E-state index contributed by atoms with van der Waals surface area (Å²) < 4.78 is 25.6. The molecule has 0 bridgehead atoms. The zero-order valence-electron chi connectivity index (χ0n) is 12.2. The summed E-state index contributed by atoms with van der Waals surface area (Å²) in [7, 11) is -3.03. The molecule has 2 aliphatic heterocycles. The highest BCUT2D eigenvalue weighted by Gasteiger charge is 2.43. The van der Waals surface area contributed by atoms with Crippen LogP contribution in [0.1, 0.15) is 12.5 Å². The molecule has 4 nitrogen and oxygen atoms in total. The van der Waals surface area contributed by atoms with Gasteiger partial charge in [-0.25, -0.2) is 12.7 Å². The van der Waals surface area contributed by atoms with Crippen molar-refractivity contribution in [3.8, 4) is 0 Å². The van der Waals surface area contributed by atoms with Crippen molar-refractivity contribution in [2.45, 2.75) is 13.5 Å². The lowest BCUT2D eigenvalue weighted by atomic mass is 10.0. The number of halogens is 1. The summed E-state index contributed by atoms with van der Waals surface area (Å²) in [5.41, 5.74) is 1.15. The van der Waals surface area contributed by atoms with Crippen molar-refractivity contribution in [3.63, 3.8) is 0 Å². The molecule has 0 aromatic heterocycles. The highest BCUT2D eigenvalue weighted by molar-refractivity contribution is 7.89. The number of rotatable bonds is 4. The Balaban J connectivity index is 1.61. The third-order valence-corrected chi connectivity index (χ3v) is 6.82. The lowest BCUT2D eigenvalue weighted by molar-refractivity contribution is 0.290. The van der Waals surface area contributed by atoms with Crippen LogP contribution in [0.5, 0.6) is 0 Å². The Hall–Kier alpha value is -0.620. The molecule has 0 spiro atoms. The molecular formula is C15H21ClN2O2S. The van der Waals surface area contributed by atoms with Crippen LogP contribution in [0.15, 0.2) is 24.3 Å². The van der Waals surface area contributed by atoms with Crippen molar-refractivity contribution in [3.05, 3.63) is 34.9 Å². The molecule has 21 heavy (non-hydrogen) atoms. The summed E-state index contributed by atoms with van der Waals surface area (Å²) >= 11 is 6.21. The van der Waals surface area contributed by atoms with Crippen LogP contribution in [0.3, 0.4) is 0 Å². The number of hydrogen-bond acceptors (Lipinski definition) is 3. The van der Waals surface area contributed by atoms with Crippen LogP contribution in [-0.2, 0) is 16.6 Å². The molecule has 6 heteroatoms. The van der Waals surface area contributed by atoms with Gasteiger partial charge in [0, 0.05) is 37.7 Å². The molecular weight excluding hydrogens is 308 g/mol. The Morgan fingerprint density at radius 1 is 1.14 bits per heavy atom. The minimum absolute atomic E-state index is 0.204. The van der Waals surface area contributed by atoms with Gasteiger partial charge in [-0.3, -0.25) is 4.90 Å². The molecule has 1 aromatic rings. The maximum atomic E-state index is 11.9. The summed E-state index contributed by atoms with van der Waals surface area (Å²) in [6, 6.07) is 7.93. The van der Waals surface area contributed by atoms with Crippen LogP contribution in [-0.4, -0.2) is 49.6 Å². The van der Waals surface area contributed by atoms with Gasteiger partial charge in [0.2, 0.25) is 10.0 Å². The Bertz CT molecular complexity index is 606. The second-order valence-corrected chi connectivity index (χ2v) is 8.69. The molecule has 2 saturated heterocycles. The third-order valence-electron chi connectivity index (χ3n) is 4.64. The van der Waals surface area contributed by atoms with E-state index < -0.39 is 10.0 Å². The molecule has 0 amide bonds. The lowest BCUT2D eigenvalue weighted by Gasteiger charge is -2.21. The first-order valence-corrected chi connectivity index (χ1v) is 9.42. The van der Waals surface area contributed by atoms with Gasteiger partial charge < -0.3 is 0 Å². The summed E-state index contributed by atoms with van der Waals surface area (Å²) in [6.07, 6.45) is 0. The second kappa shape index (κ2) is 5.88. The molecule has 1 aromatic carbocycles. The topological polar surface area (TPSA) is 40.6 Å². The SMILES string of the molecule is CCS(=O)(=O)N1C[C@H]2CN(Cc3ccccc3Cl)C[C@H]2C1. The zero-order chi connectivity index (χ0) is 15.0. The molecule has 0 N–H and O–H groups in total. The van der Waals surface area contributed by atoms with Crippen LogP contribution < -0.4 is 0 Å². The lowest BCUT2D eigenvalue weighted by Crippen LogP contribution is -2.34. The van der Waals surface area contributed by atoms with E-state index >= 15 is 0 Å². The van der Waals surface area contributed by atoms with Gasteiger partial charge in [0.15, 0.2) is 0 Å². The van der Waals surface area contributed by atoms with Crippen molar-refractivity contribution in [2.24, 2.45) is 11.8 Å². The van der Waals surface area contributed by atoms with E-state index in [1.54, 1.807) is 11.2 Å². The first-order valence-electron chi connectivity index (χ1n) is 7.43. The van der Waals surface area contributed by atoms with Gasteiger partial charge in [0.05, 0.1) is 5.75 Å². The molecule has 2 fully saturated rings. The fourth-order valence-corrected chi connectivity index (χ4v) is 4.85. The minimum atomic E-state index is -3.03. The van der Waals surface area contributed by atoms with E-state index in [0.717, 1.165) is 30.2 Å². The maximum Gasteiger partial charge on any atom is 0.213 e. The van der Waals surface area contributed by atoms with Crippen LogP contribution in [0, 0.1) is 11.8 Å². The molecule has 0 aliphatic carbocycles. The third kappa shape index (κ3) is 3.11. The molecule has 3 rings (SSSR count). The van der Waals surface area contributed by atoms with Gasteiger partial charge in [0.25, 0.3) is 0 Å². The first kappa shape index (κ1) is 15.3. The number of hydrogen-bond donors (Lipinski definition) is 0. The van der Waals surface area contributed by atoms with E-state index in [0.29, 0.717) is 24.9 Å². The highest BCUT2D eigenvalue weighted by Crippen LogP contribution is 2.33. The number of fused-ring (bicyclic) bond motifs is 1. The van der Waals surface area contributed by atoms with Crippen molar-refractivity contribution in [1.29, 1.82) is 0 Å². The number of likely N-dealkylation sites (tertiary alicyclic amines) is 1. The number of benzene rings is 1. The quantitative estimate of drug-likeness (QED) is 0.849. The molecule has 2 aliphatic rings. The van der Waals surface area contributed by atoms with Gasteiger partial charge in [-0.15, -0.1) is 0 Å². The predicted octanol–water partition coefficient (Wildman–Crippen LogP) is 2.05. The van der Waals surface area contributed by atoms with Crippen LogP contribution in [0.4, 0.5) is 0 Å². The fourth-order valence-electron chi connectivity index (χ4n) is 3.45. The Morgan fingerprint density at radius 2 is 1.76 bits per heavy atom. The molecule has 2 atom stereocenters. The second-order valence-electron chi connectivity index (χ2n) is 6.02. The average Bonchev–Trinajstić information content (AvgIpc) is 3.00. The van der Waals surface area contributed by atoms with E-state index in [4.69, 9.17) is 11.6 Å². The Kier molecular flexibility index (Phi) is 4.28. The van der Waals surface area contributed by atoms with E-state index in [9.17, 15) is 8.42 Å². The van der Waals surface area contributed by atoms with Crippen LogP contribution >= 0.6 is 11.6 Å². The van der Waals surface area contributed by atoms with Crippen LogP contribution in [0.2, 0.25) is 5.02 Å². The molecule has 0 radical (unpaired) electrons. The van der Waals surface area contributed by atoms with E-state index in [1.807, 2.05) is 18.2 Å². The van der Waals surface area contributed by atoms with E-state index in [1.165, 1.54) is 0 Å². The van der Waals surface area contributed by atoms with Crippen molar-refractivity contribution >= 4 is 21.6 Å². The minimum Gasteiger partial charge on any atom is -0.298 e. The average molecular weight is 329 g/mol. The van der Waals surface area contributed by atoms with Gasteiger partial charge in [-0.2, -0.15) is 0 Å². The van der Waals surface area contributed by atoms with Gasteiger partial charge in [-0.05, 0) is 30.4 Å². The fraction of sp³-hybridized carbons (Fsp3) is 0.600. The van der Waals surface area contributed by atoms with Gasteiger partial charge in [-0.1, -0.05) is 29.8 Å².